The number of nitro benzene ring substituents is 1. The number of pyridine rings is 1. The van der Waals surface area contributed by atoms with Gasteiger partial charge in [-0.1, -0.05) is 0 Å². The van der Waals surface area contributed by atoms with E-state index in [4.69, 9.17) is 17.2 Å². The number of nitro groups is 3. The molecule has 0 saturated heterocycles. The molecule has 0 aliphatic rings. The Hall–Kier alpha value is -4.81. The number of nitrogens with two attached hydrogens (primary N) is 3. The number of hydrogen-bond donors (Lipinski definition) is 3. The third-order valence-electron chi connectivity index (χ3n) is 4.77. The normalized spacial score (nSPS) is 11.2. The molecule has 0 saturated carbocycles. The van der Waals surface area contributed by atoms with Crippen molar-refractivity contribution in [2.75, 3.05) is 17.2 Å². The van der Waals surface area contributed by atoms with Crippen molar-refractivity contribution in [3.63, 3.8) is 0 Å². The molecule has 1 heterocycles. The largest absolute Gasteiger partial charge is 0.443 e. The average Bonchev–Trinajstić information content (AvgIpc) is 2.67. The molecule has 0 atom stereocenters. The molecule has 0 radical (unpaired) electrons. The topological polar surface area (TPSA) is 220 Å². The van der Waals surface area contributed by atoms with E-state index in [9.17, 15) is 30.3 Å². The molecule has 6 N–H and O–H groups in total. The summed E-state index contributed by atoms with van der Waals surface area (Å²) in [6, 6.07) is 6.42. The summed E-state index contributed by atoms with van der Waals surface area (Å²) in [6.07, 6.45) is 0. The maximum atomic E-state index is 11.4. The van der Waals surface area contributed by atoms with Crippen LogP contribution in [0.15, 0.2) is 30.3 Å². The predicted octanol–water partition coefficient (Wildman–Crippen LogP) is 3.01. The molecule has 3 aromatic carbocycles. The molecule has 0 aliphatic carbocycles. The third kappa shape index (κ3) is 2.53. The highest BCUT2D eigenvalue weighted by molar-refractivity contribution is 6.26. The van der Waals surface area contributed by atoms with Crippen molar-refractivity contribution in [3.05, 3.63) is 60.7 Å². The van der Waals surface area contributed by atoms with Crippen LogP contribution in [0.5, 0.6) is 0 Å². The molecule has 0 aliphatic heterocycles. The van der Waals surface area contributed by atoms with Crippen LogP contribution in [0.4, 0.5) is 34.3 Å². The number of rotatable bonds is 3. The number of nitrogen functional groups attached to an aromatic ring is 3. The van der Waals surface area contributed by atoms with Crippen molar-refractivity contribution in [2.24, 2.45) is 0 Å². The minimum atomic E-state index is -0.990. The van der Waals surface area contributed by atoms with Crippen molar-refractivity contribution in [1.29, 1.82) is 0 Å². The van der Waals surface area contributed by atoms with Gasteiger partial charge in [0.15, 0.2) is 5.52 Å². The smallest absolute Gasteiger partial charge is 0.397 e. The number of benzene rings is 3. The molecule has 0 amide bonds. The van der Waals surface area contributed by atoms with Gasteiger partial charge >= 0.3 is 11.5 Å². The van der Waals surface area contributed by atoms with Crippen LogP contribution in [0.2, 0.25) is 0 Å². The molecule has 150 valence electrons. The van der Waals surface area contributed by atoms with Gasteiger partial charge in [-0.05, 0) is 44.3 Å². The average molecular weight is 409 g/mol. The highest BCUT2D eigenvalue weighted by Crippen LogP contribution is 2.42. The lowest BCUT2D eigenvalue weighted by Gasteiger charge is -2.11. The van der Waals surface area contributed by atoms with Crippen molar-refractivity contribution in [3.8, 4) is 0 Å². The second-order valence-corrected chi connectivity index (χ2v) is 6.48. The van der Waals surface area contributed by atoms with E-state index in [0.29, 0.717) is 16.2 Å². The second kappa shape index (κ2) is 6.10. The third-order valence-corrected chi connectivity index (χ3v) is 4.77. The van der Waals surface area contributed by atoms with Crippen LogP contribution >= 0.6 is 0 Å². The van der Waals surface area contributed by atoms with Gasteiger partial charge in [-0.15, -0.1) is 0 Å². The number of nitrogens with zero attached hydrogens (tertiary/aromatic N) is 4. The van der Waals surface area contributed by atoms with Gasteiger partial charge in [-0.3, -0.25) is 20.2 Å². The van der Waals surface area contributed by atoms with Crippen molar-refractivity contribution >= 4 is 66.7 Å². The molecular weight excluding hydrogens is 398 g/mol. The quantitative estimate of drug-likeness (QED) is 0.194. The number of aromatic nitrogens is 1. The Morgan fingerprint density at radius 3 is 1.50 bits per heavy atom. The van der Waals surface area contributed by atoms with E-state index >= 15 is 0 Å². The molecule has 0 fully saturated rings. The Kier molecular flexibility index (Phi) is 3.77. The van der Waals surface area contributed by atoms with Crippen LogP contribution in [0.1, 0.15) is 0 Å². The van der Waals surface area contributed by atoms with Gasteiger partial charge in [0.1, 0.15) is 5.69 Å². The van der Waals surface area contributed by atoms with E-state index in [2.05, 4.69) is 4.98 Å². The maximum absolute atomic E-state index is 11.4. The molecule has 1 aromatic heterocycles. The first kappa shape index (κ1) is 18.5. The zero-order chi connectivity index (χ0) is 21.9. The Labute approximate surface area is 165 Å². The summed E-state index contributed by atoms with van der Waals surface area (Å²) < 4.78 is 0. The van der Waals surface area contributed by atoms with Gasteiger partial charge < -0.3 is 27.3 Å². The molecule has 4 rings (SSSR count). The fourth-order valence-corrected chi connectivity index (χ4v) is 3.43. The summed E-state index contributed by atoms with van der Waals surface area (Å²) in [6.45, 7) is 0. The standard InChI is InChI=1S/C17H11N7O6/c18-11-1-6-7(2-12(11)19)10-5-15(23(27)28)17(24(29)30)21-16(10)9-4-14(22(25)26)13(20)3-8(6)9/h1-5H,18-20H2. The van der Waals surface area contributed by atoms with Gasteiger partial charge in [-0.25, -0.2) is 0 Å². The van der Waals surface area contributed by atoms with Crippen molar-refractivity contribution in [2.45, 2.75) is 0 Å². The van der Waals surface area contributed by atoms with E-state index in [-0.39, 0.29) is 33.4 Å². The van der Waals surface area contributed by atoms with E-state index < -0.39 is 32.0 Å². The number of hydrogen-bond acceptors (Lipinski definition) is 10. The van der Waals surface area contributed by atoms with Gasteiger partial charge in [0.2, 0.25) is 0 Å². The number of anilines is 3. The fraction of sp³-hybridized carbons (Fsp3) is 0. The molecule has 4 aromatic rings. The SMILES string of the molecule is Nc1cc2c3cc(N)c([N+](=O)[O-])cc3c3nc([N+](=O)[O-])c([N+](=O)[O-])cc3c2cc1N. The summed E-state index contributed by atoms with van der Waals surface area (Å²) in [5.74, 6) is -0.990. The van der Waals surface area contributed by atoms with E-state index in [1.807, 2.05) is 0 Å². The Morgan fingerprint density at radius 1 is 0.600 bits per heavy atom. The predicted molar refractivity (Wildman–Crippen MR) is 110 cm³/mol. The first-order valence-corrected chi connectivity index (χ1v) is 8.22. The van der Waals surface area contributed by atoms with E-state index in [1.54, 1.807) is 0 Å². The summed E-state index contributed by atoms with van der Waals surface area (Å²) in [7, 11) is 0. The van der Waals surface area contributed by atoms with Gasteiger partial charge in [0, 0.05) is 22.9 Å². The first-order chi connectivity index (χ1) is 14.1. The lowest BCUT2D eigenvalue weighted by Crippen LogP contribution is -2.02. The summed E-state index contributed by atoms with van der Waals surface area (Å²) in [5, 5.41) is 35.6. The molecule has 13 heteroatoms. The molecule has 13 nitrogen and oxygen atoms in total. The van der Waals surface area contributed by atoms with Gasteiger partial charge in [0.05, 0.1) is 21.2 Å². The van der Waals surface area contributed by atoms with Crippen LogP contribution in [-0.2, 0) is 0 Å². The fourth-order valence-electron chi connectivity index (χ4n) is 3.43. The van der Waals surface area contributed by atoms with Crippen molar-refractivity contribution in [1.82, 2.24) is 4.98 Å². The Bertz CT molecular complexity index is 1450. The minimum absolute atomic E-state index is 0.0397. The van der Waals surface area contributed by atoms with Gasteiger partial charge in [-0.2, -0.15) is 0 Å². The monoisotopic (exact) mass is 409 g/mol. The van der Waals surface area contributed by atoms with Crippen molar-refractivity contribution < 1.29 is 14.8 Å². The Balaban J connectivity index is 2.37. The molecule has 0 spiro atoms. The Morgan fingerprint density at radius 2 is 1.03 bits per heavy atom. The van der Waals surface area contributed by atoms with Crippen LogP contribution < -0.4 is 17.2 Å². The highest BCUT2D eigenvalue weighted by atomic mass is 16.6. The zero-order valence-electron chi connectivity index (χ0n) is 14.9. The molecule has 30 heavy (non-hydrogen) atoms. The lowest BCUT2D eigenvalue weighted by molar-refractivity contribution is -0.425. The summed E-state index contributed by atoms with van der Waals surface area (Å²) >= 11 is 0. The van der Waals surface area contributed by atoms with Crippen LogP contribution in [0.3, 0.4) is 0 Å². The zero-order valence-corrected chi connectivity index (χ0v) is 14.9. The van der Waals surface area contributed by atoms with Gasteiger partial charge in [0.25, 0.3) is 5.69 Å². The summed E-state index contributed by atoms with van der Waals surface area (Å²) in [4.78, 5) is 35.4. The highest BCUT2D eigenvalue weighted by Gasteiger charge is 2.30. The first-order valence-electron chi connectivity index (χ1n) is 8.22. The second-order valence-electron chi connectivity index (χ2n) is 6.48. The lowest BCUT2D eigenvalue weighted by atomic mass is 9.95. The maximum Gasteiger partial charge on any atom is 0.443 e. The minimum Gasteiger partial charge on any atom is -0.397 e. The number of fused-ring (bicyclic) bond motifs is 6. The van der Waals surface area contributed by atoms with Crippen LogP contribution in [0, 0.1) is 30.3 Å². The van der Waals surface area contributed by atoms with Crippen LogP contribution in [-0.4, -0.2) is 19.8 Å². The molecular formula is C17H11N7O6. The summed E-state index contributed by atoms with van der Waals surface area (Å²) in [5.41, 5.74) is 16.6. The van der Waals surface area contributed by atoms with E-state index in [0.717, 1.165) is 12.1 Å². The van der Waals surface area contributed by atoms with Crippen LogP contribution in [0.25, 0.3) is 32.4 Å². The van der Waals surface area contributed by atoms with E-state index in [1.165, 1.54) is 18.2 Å². The molecule has 0 bridgehead atoms. The molecule has 0 unspecified atom stereocenters.